The Balaban J connectivity index is 2.02. The molecule has 0 bridgehead atoms. The number of rotatable bonds is 5. The Bertz CT molecular complexity index is 479. The SMILES string of the molecule is Cc1cccc(C(CO)COc2ccccc2)c1. The molecule has 0 aliphatic rings. The van der Waals surface area contributed by atoms with Crippen LogP contribution in [0.25, 0.3) is 0 Å². The average molecular weight is 242 g/mol. The van der Waals surface area contributed by atoms with Crippen LogP contribution in [0.15, 0.2) is 54.6 Å². The van der Waals surface area contributed by atoms with E-state index in [0.717, 1.165) is 11.3 Å². The highest BCUT2D eigenvalue weighted by Crippen LogP contribution is 2.19. The summed E-state index contributed by atoms with van der Waals surface area (Å²) in [5.74, 6) is 0.855. The topological polar surface area (TPSA) is 29.5 Å². The van der Waals surface area contributed by atoms with Gasteiger partial charge in [-0.25, -0.2) is 0 Å². The predicted molar refractivity (Wildman–Crippen MR) is 72.9 cm³/mol. The zero-order chi connectivity index (χ0) is 12.8. The molecular weight excluding hydrogens is 224 g/mol. The van der Waals surface area contributed by atoms with Crippen LogP contribution in [-0.4, -0.2) is 18.3 Å². The summed E-state index contributed by atoms with van der Waals surface area (Å²) in [5, 5.41) is 9.47. The van der Waals surface area contributed by atoms with Crippen molar-refractivity contribution in [2.45, 2.75) is 12.8 Å². The second kappa shape index (κ2) is 6.22. The van der Waals surface area contributed by atoms with Crippen molar-refractivity contribution in [2.75, 3.05) is 13.2 Å². The highest BCUT2D eigenvalue weighted by Gasteiger charge is 2.11. The minimum absolute atomic E-state index is 0.0186. The van der Waals surface area contributed by atoms with Crippen LogP contribution < -0.4 is 4.74 Å². The Morgan fingerprint density at radius 1 is 1.06 bits per heavy atom. The van der Waals surface area contributed by atoms with E-state index in [-0.39, 0.29) is 12.5 Å². The van der Waals surface area contributed by atoms with E-state index in [1.165, 1.54) is 5.56 Å². The number of para-hydroxylation sites is 1. The van der Waals surface area contributed by atoms with Crippen molar-refractivity contribution in [1.29, 1.82) is 0 Å². The molecule has 2 rings (SSSR count). The number of hydrogen-bond donors (Lipinski definition) is 1. The van der Waals surface area contributed by atoms with Crippen molar-refractivity contribution in [3.05, 3.63) is 65.7 Å². The van der Waals surface area contributed by atoms with Crippen LogP contribution in [0, 0.1) is 6.92 Å². The fourth-order valence-electron chi connectivity index (χ4n) is 1.89. The average Bonchev–Trinajstić information content (AvgIpc) is 2.41. The zero-order valence-corrected chi connectivity index (χ0v) is 10.5. The van der Waals surface area contributed by atoms with Crippen LogP contribution >= 0.6 is 0 Å². The maximum absolute atomic E-state index is 9.47. The summed E-state index contributed by atoms with van der Waals surface area (Å²) in [7, 11) is 0. The molecule has 18 heavy (non-hydrogen) atoms. The maximum Gasteiger partial charge on any atom is 0.119 e. The van der Waals surface area contributed by atoms with Crippen molar-refractivity contribution in [2.24, 2.45) is 0 Å². The predicted octanol–water partition coefficient (Wildman–Crippen LogP) is 3.15. The van der Waals surface area contributed by atoms with Crippen LogP contribution in [0.5, 0.6) is 5.75 Å². The summed E-state index contributed by atoms with van der Waals surface area (Å²) in [5.41, 5.74) is 2.32. The van der Waals surface area contributed by atoms with Crippen LogP contribution in [0.3, 0.4) is 0 Å². The van der Waals surface area contributed by atoms with Crippen LogP contribution in [0.2, 0.25) is 0 Å². The van der Waals surface area contributed by atoms with Gasteiger partial charge >= 0.3 is 0 Å². The minimum atomic E-state index is 0.0186. The zero-order valence-electron chi connectivity index (χ0n) is 10.5. The summed E-state index contributed by atoms with van der Waals surface area (Å²) >= 11 is 0. The lowest BCUT2D eigenvalue weighted by Crippen LogP contribution is -2.14. The number of hydrogen-bond acceptors (Lipinski definition) is 2. The third-order valence-electron chi connectivity index (χ3n) is 2.93. The lowest BCUT2D eigenvalue weighted by atomic mass is 9.99. The molecule has 0 aromatic heterocycles. The van der Waals surface area contributed by atoms with Gasteiger partial charge in [0, 0.05) is 5.92 Å². The van der Waals surface area contributed by atoms with Gasteiger partial charge in [-0.3, -0.25) is 0 Å². The number of aryl methyl sites for hydroxylation is 1. The molecule has 0 aliphatic heterocycles. The molecule has 1 atom stereocenters. The first-order chi connectivity index (χ1) is 8.79. The molecule has 94 valence electrons. The largest absolute Gasteiger partial charge is 0.493 e. The van der Waals surface area contributed by atoms with Crippen LogP contribution in [0.4, 0.5) is 0 Å². The van der Waals surface area contributed by atoms with E-state index in [1.54, 1.807) is 0 Å². The molecule has 0 spiro atoms. The van der Waals surface area contributed by atoms with Gasteiger partial charge in [-0.15, -0.1) is 0 Å². The third kappa shape index (κ3) is 3.34. The second-order valence-corrected chi connectivity index (χ2v) is 4.42. The van der Waals surface area contributed by atoms with Gasteiger partial charge in [0.05, 0.1) is 13.2 Å². The standard InChI is InChI=1S/C16H18O2/c1-13-6-5-7-14(10-13)15(11-17)12-18-16-8-3-2-4-9-16/h2-10,15,17H,11-12H2,1H3. The molecule has 2 aromatic carbocycles. The quantitative estimate of drug-likeness (QED) is 0.872. The van der Waals surface area contributed by atoms with E-state index in [4.69, 9.17) is 4.74 Å². The van der Waals surface area contributed by atoms with E-state index in [9.17, 15) is 5.11 Å². The van der Waals surface area contributed by atoms with Crippen molar-refractivity contribution < 1.29 is 9.84 Å². The summed E-state index contributed by atoms with van der Waals surface area (Å²) in [6, 6.07) is 17.9. The number of aliphatic hydroxyl groups excluding tert-OH is 1. The van der Waals surface area contributed by atoms with E-state index < -0.39 is 0 Å². The summed E-state index contributed by atoms with van der Waals surface area (Å²) < 4.78 is 5.69. The first kappa shape index (κ1) is 12.7. The molecule has 0 aliphatic carbocycles. The second-order valence-electron chi connectivity index (χ2n) is 4.42. The van der Waals surface area contributed by atoms with Gasteiger partial charge in [0.2, 0.25) is 0 Å². The highest BCUT2D eigenvalue weighted by atomic mass is 16.5. The van der Waals surface area contributed by atoms with Crippen molar-refractivity contribution >= 4 is 0 Å². The lowest BCUT2D eigenvalue weighted by molar-refractivity contribution is 0.205. The summed E-state index contributed by atoms with van der Waals surface area (Å²) in [6.07, 6.45) is 0. The van der Waals surface area contributed by atoms with Gasteiger partial charge in [-0.2, -0.15) is 0 Å². The van der Waals surface area contributed by atoms with Crippen LogP contribution in [-0.2, 0) is 0 Å². The Morgan fingerprint density at radius 2 is 1.83 bits per heavy atom. The van der Waals surface area contributed by atoms with E-state index >= 15 is 0 Å². The summed E-state index contributed by atoms with van der Waals surface area (Å²) in [4.78, 5) is 0. The molecular formula is C16H18O2. The van der Waals surface area contributed by atoms with E-state index in [2.05, 4.69) is 19.1 Å². The molecule has 0 saturated heterocycles. The van der Waals surface area contributed by atoms with E-state index in [1.807, 2.05) is 42.5 Å². The lowest BCUT2D eigenvalue weighted by Gasteiger charge is -2.16. The smallest absolute Gasteiger partial charge is 0.119 e. The first-order valence-electron chi connectivity index (χ1n) is 6.15. The first-order valence-corrected chi connectivity index (χ1v) is 6.15. The van der Waals surface area contributed by atoms with Crippen molar-refractivity contribution in [3.63, 3.8) is 0 Å². The molecule has 0 fully saturated rings. The molecule has 1 N–H and O–H groups in total. The molecule has 2 heteroatoms. The number of aliphatic hydroxyl groups is 1. The van der Waals surface area contributed by atoms with Gasteiger partial charge in [0.15, 0.2) is 0 Å². The monoisotopic (exact) mass is 242 g/mol. The van der Waals surface area contributed by atoms with E-state index in [0.29, 0.717) is 6.61 Å². The molecule has 2 aromatic rings. The number of ether oxygens (including phenoxy) is 1. The van der Waals surface area contributed by atoms with Gasteiger partial charge in [0.1, 0.15) is 5.75 Å². The van der Waals surface area contributed by atoms with Crippen LogP contribution in [0.1, 0.15) is 17.0 Å². The molecule has 0 heterocycles. The Hall–Kier alpha value is -1.80. The molecule has 0 saturated carbocycles. The molecule has 1 unspecified atom stereocenters. The summed E-state index contributed by atoms with van der Waals surface area (Å²) in [6.45, 7) is 2.64. The Morgan fingerprint density at radius 3 is 2.50 bits per heavy atom. The molecule has 0 amide bonds. The fraction of sp³-hybridized carbons (Fsp3) is 0.250. The Kier molecular flexibility index (Phi) is 4.37. The molecule has 2 nitrogen and oxygen atoms in total. The van der Waals surface area contributed by atoms with Gasteiger partial charge < -0.3 is 9.84 Å². The fourth-order valence-corrected chi connectivity index (χ4v) is 1.89. The van der Waals surface area contributed by atoms with Gasteiger partial charge in [-0.05, 0) is 24.6 Å². The maximum atomic E-state index is 9.47. The normalized spacial score (nSPS) is 12.1. The molecule has 0 radical (unpaired) electrons. The van der Waals surface area contributed by atoms with Crippen molar-refractivity contribution in [3.8, 4) is 5.75 Å². The van der Waals surface area contributed by atoms with Gasteiger partial charge in [0.25, 0.3) is 0 Å². The minimum Gasteiger partial charge on any atom is -0.493 e. The number of benzene rings is 2. The third-order valence-corrected chi connectivity index (χ3v) is 2.93. The highest BCUT2D eigenvalue weighted by molar-refractivity contribution is 5.26. The Labute approximate surface area is 108 Å². The van der Waals surface area contributed by atoms with Gasteiger partial charge in [-0.1, -0.05) is 48.0 Å². The van der Waals surface area contributed by atoms with Crippen molar-refractivity contribution in [1.82, 2.24) is 0 Å².